The van der Waals surface area contributed by atoms with Crippen molar-refractivity contribution in [2.45, 2.75) is 0 Å². The Morgan fingerprint density at radius 2 is 1.77 bits per heavy atom. The molecule has 114 valence electrons. The summed E-state index contributed by atoms with van der Waals surface area (Å²) in [6.07, 6.45) is 0. The second-order valence-corrected chi connectivity index (χ2v) is 5.15. The summed E-state index contributed by atoms with van der Waals surface area (Å²) in [7, 11) is 5.06. The molecule has 1 amide bonds. The van der Waals surface area contributed by atoms with Crippen molar-refractivity contribution < 1.29 is 19.0 Å². The lowest BCUT2D eigenvalue weighted by Gasteiger charge is -2.16. The van der Waals surface area contributed by atoms with Gasteiger partial charge in [-0.15, -0.1) is 0 Å². The molecule has 0 radical (unpaired) electrons. The van der Waals surface area contributed by atoms with Crippen molar-refractivity contribution >= 4 is 5.91 Å². The first-order chi connectivity index (χ1) is 10.6. The van der Waals surface area contributed by atoms with Crippen molar-refractivity contribution in [2.24, 2.45) is 0 Å². The molecular formula is C17H17NO4. The first kappa shape index (κ1) is 14.3. The molecule has 1 aliphatic heterocycles. The van der Waals surface area contributed by atoms with E-state index in [1.54, 1.807) is 32.2 Å². The maximum absolute atomic E-state index is 12.4. The minimum absolute atomic E-state index is 0.0599. The van der Waals surface area contributed by atoms with Crippen LogP contribution in [0.1, 0.15) is 10.4 Å². The number of fused-ring (bicyclic) bond motifs is 1. The van der Waals surface area contributed by atoms with Crippen LogP contribution in [0.4, 0.5) is 0 Å². The summed E-state index contributed by atoms with van der Waals surface area (Å²) >= 11 is 0. The Morgan fingerprint density at radius 1 is 1.09 bits per heavy atom. The second-order valence-electron chi connectivity index (χ2n) is 5.15. The van der Waals surface area contributed by atoms with Crippen molar-refractivity contribution in [2.75, 3.05) is 28.0 Å². The lowest BCUT2D eigenvalue weighted by atomic mass is 9.97. The molecule has 22 heavy (non-hydrogen) atoms. The average Bonchev–Trinajstić information content (AvgIpc) is 3.00. The van der Waals surface area contributed by atoms with Crippen LogP contribution in [0.15, 0.2) is 36.4 Å². The van der Waals surface area contributed by atoms with E-state index in [0.717, 1.165) is 11.1 Å². The smallest absolute Gasteiger partial charge is 0.253 e. The summed E-state index contributed by atoms with van der Waals surface area (Å²) in [4.78, 5) is 14.0. The highest BCUT2D eigenvalue weighted by atomic mass is 16.7. The van der Waals surface area contributed by atoms with Gasteiger partial charge < -0.3 is 19.1 Å². The van der Waals surface area contributed by atoms with E-state index in [-0.39, 0.29) is 12.7 Å². The number of methoxy groups -OCH3 is 1. The van der Waals surface area contributed by atoms with E-state index in [9.17, 15) is 4.79 Å². The fraction of sp³-hybridized carbons (Fsp3) is 0.235. The van der Waals surface area contributed by atoms with E-state index < -0.39 is 0 Å². The van der Waals surface area contributed by atoms with Crippen LogP contribution in [-0.4, -0.2) is 38.8 Å². The zero-order valence-corrected chi connectivity index (χ0v) is 12.8. The second kappa shape index (κ2) is 5.60. The van der Waals surface area contributed by atoms with Crippen molar-refractivity contribution in [3.63, 3.8) is 0 Å². The molecule has 0 spiro atoms. The first-order valence-electron chi connectivity index (χ1n) is 6.90. The highest BCUT2D eigenvalue weighted by molar-refractivity contribution is 6.01. The summed E-state index contributed by atoms with van der Waals surface area (Å²) in [5.74, 6) is 1.89. The van der Waals surface area contributed by atoms with Crippen molar-refractivity contribution in [3.05, 3.63) is 42.0 Å². The average molecular weight is 299 g/mol. The summed E-state index contributed by atoms with van der Waals surface area (Å²) in [5.41, 5.74) is 2.22. The van der Waals surface area contributed by atoms with Gasteiger partial charge in [0.15, 0.2) is 11.5 Å². The molecule has 1 aliphatic rings. The van der Waals surface area contributed by atoms with Gasteiger partial charge in [0.2, 0.25) is 6.79 Å². The fourth-order valence-corrected chi connectivity index (χ4v) is 2.45. The van der Waals surface area contributed by atoms with Gasteiger partial charge in [0.25, 0.3) is 5.91 Å². The van der Waals surface area contributed by atoms with Crippen LogP contribution in [0.25, 0.3) is 11.1 Å². The van der Waals surface area contributed by atoms with Crippen LogP contribution in [-0.2, 0) is 0 Å². The van der Waals surface area contributed by atoms with Crippen molar-refractivity contribution in [3.8, 4) is 28.4 Å². The van der Waals surface area contributed by atoms with Gasteiger partial charge >= 0.3 is 0 Å². The minimum atomic E-state index is -0.0599. The van der Waals surface area contributed by atoms with E-state index in [1.165, 1.54) is 0 Å². The molecule has 0 atom stereocenters. The monoisotopic (exact) mass is 299 g/mol. The predicted molar refractivity (Wildman–Crippen MR) is 82.6 cm³/mol. The Morgan fingerprint density at radius 3 is 2.45 bits per heavy atom. The van der Waals surface area contributed by atoms with Gasteiger partial charge in [-0.2, -0.15) is 0 Å². The Kier molecular flexibility index (Phi) is 3.63. The van der Waals surface area contributed by atoms with E-state index in [2.05, 4.69) is 0 Å². The van der Waals surface area contributed by atoms with E-state index in [0.29, 0.717) is 22.8 Å². The quantitative estimate of drug-likeness (QED) is 0.874. The summed E-state index contributed by atoms with van der Waals surface area (Å²) in [6.45, 7) is 0.195. The summed E-state index contributed by atoms with van der Waals surface area (Å²) in [6, 6.07) is 11.1. The Hall–Kier alpha value is -2.69. The molecule has 0 aliphatic carbocycles. The van der Waals surface area contributed by atoms with Crippen LogP contribution in [0.5, 0.6) is 17.2 Å². The van der Waals surface area contributed by atoms with Crippen LogP contribution in [0.2, 0.25) is 0 Å². The number of rotatable bonds is 3. The number of carbonyl (C=O) groups excluding carboxylic acids is 1. The van der Waals surface area contributed by atoms with Crippen LogP contribution >= 0.6 is 0 Å². The molecule has 0 aromatic heterocycles. The Bertz CT molecular complexity index is 725. The van der Waals surface area contributed by atoms with Gasteiger partial charge in [0, 0.05) is 31.3 Å². The van der Waals surface area contributed by atoms with Gasteiger partial charge in [0.05, 0.1) is 7.11 Å². The lowest BCUT2D eigenvalue weighted by Crippen LogP contribution is -2.22. The van der Waals surface area contributed by atoms with E-state index in [4.69, 9.17) is 14.2 Å². The molecular weight excluding hydrogens is 282 g/mol. The maximum Gasteiger partial charge on any atom is 0.253 e. The largest absolute Gasteiger partial charge is 0.496 e. The highest BCUT2D eigenvalue weighted by Crippen LogP contribution is 2.43. The Labute approximate surface area is 129 Å². The molecule has 5 nitrogen and oxygen atoms in total. The highest BCUT2D eigenvalue weighted by Gasteiger charge is 2.22. The summed E-state index contributed by atoms with van der Waals surface area (Å²) in [5, 5.41) is 0. The molecule has 2 aromatic carbocycles. The third-order valence-corrected chi connectivity index (χ3v) is 3.55. The normalized spacial score (nSPS) is 12.1. The van der Waals surface area contributed by atoms with E-state index in [1.807, 2.05) is 30.3 Å². The van der Waals surface area contributed by atoms with Gasteiger partial charge in [0.1, 0.15) is 5.75 Å². The van der Waals surface area contributed by atoms with Crippen LogP contribution < -0.4 is 14.2 Å². The first-order valence-corrected chi connectivity index (χ1v) is 6.90. The number of nitrogens with zero attached hydrogens (tertiary/aromatic N) is 1. The van der Waals surface area contributed by atoms with Crippen LogP contribution in [0.3, 0.4) is 0 Å². The third-order valence-electron chi connectivity index (χ3n) is 3.55. The minimum Gasteiger partial charge on any atom is -0.496 e. The number of amides is 1. The number of hydrogen-bond donors (Lipinski definition) is 0. The van der Waals surface area contributed by atoms with Gasteiger partial charge in [-0.25, -0.2) is 0 Å². The van der Waals surface area contributed by atoms with E-state index >= 15 is 0 Å². The topological polar surface area (TPSA) is 48.0 Å². The Balaban J connectivity index is 2.18. The molecule has 0 saturated carbocycles. The molecule has 0 unspecified atom stereocenters. The van der Waals surface area contributed by atoms with Gasteiger partial charge in [-0.1, -0.05) is 18.2 Å². The number of ether oxygens (including phenoxy) is 3. The predicted octanol–water partition coefficient (Wildman–Crippen LogP) is 2.79. The molecule has 0 fully saturated rings. The standard InChI is InChI=1S/C17H17NO4/c1-18(2)17(19)12-7-5-4-6-11(12)13-8-15-16(22-10-21-15)9-14(13)20-3/h4-9H,10H2,1-3H3. The number of hydrogen-bond acceptors (Lipinski definition) is 4. The molecule has 1 heterocycles. The fourth-order valence-electron chi connectivity index (χ4n) is 2.45. The maximum atomic E-state index is 12.4. The SMILES string of the molecule is COc1cc2c(cc1-c1ccccc1C(=O)N(C)C)OCO2. The lowest BCUT2D eigenvalue weighted by molar-refractivity contribution is 0.0828. The molecule has 2 aromatic rings. The number of benzene rings is 2. The van der Waals surface area contributed by atoms with Gasteiger partial charge in [-0.05, 0) is 17.7 Å². The summed E-state index contributed by atoms with van der Waals surface area (Å²) < 4.78 is 16.3. The third kappa shape index (κ3) is 2.35. The van der Waals surface area contributed by atoms with Crippen molar-refractivity contribution in [1.82, 2.24) is 4.90 Å². The molecule has 3 rings (SSSR count). The number of carbonyl (C=O) groups is 1. The zero-order valence-electron chi connectivity index (χ0n) is 12.8. The van der Waals surface area contributed by atoms with Crippen LogP contribution in [0, 0.1) is 0 Å². The molecule has 0 N–H and O–H groups in total. The molecule has 5 heteroatoms. The molecule has 0 bridgehead atoms. The van der Waals surface area contributed by atoms with Gasteiger partial charge in [-0.3, -0.25) is 4.79 Å². The zero-order chi connectivity index (χ0) is 15.7. The molecule has 0 saturated heterocycles. The van der Waals surface area contributed by atoms with Crippen molar-refractivity contribution in [1.29, 1.82) is 0 Å².